The number of amidine groups is 1. The molecule has 1 aromatic carbocycles. The summed E-state index contributed by atoms with van der Waals surface area (Å²) in [5.41, 5.74) is 6.66. The lowest BCUT2D eigenvalue weighted by Gasteiger charge is -2.24. The predicted molar refractivity (Wildman–Crippen MR) is 70.4 cm³/mol. The second kappa shape index (κ2) is 6.47. The van der Waals surface area contributed by atoms with Gasteiger partial charge >= 0.3 is 0 Å². The van der Waals surface area contributed by atoms with E-state index >= 15 is 0 Å². The third-order valence-electron chi connectivity index (χ3n) is 2.73. The van der Waals surface area contributed by atoms with Gasteiger partial charge in [0.15, 0.2) is 0 Å². The highest BCUT2D eigenvalue weighted by molar-refractivity contribution is 6.30. The minimum absolute atomic E-state index is 0.210. The molecule has 0 aromatic heterocycles. The standard InChI is InChI=1S/C12H18ClN3O/c1-9(7-12(14)15-17)16(2)8-10-3-5-11(13)6-4-10/h3-6,9,17H,7-8H2,1-2H3,(H2,14,15). The monoisotopic (exact) mass is 255 g/mol. The quantitative estimate of drug-likeness (QED) is 0.367. The maximum absolute atomic E-state index is 8.52. The number of benzene rings is 1. The van der Waals surface area contributed by atoms with Crippen LogP contribution in [0.25, 0.3) is 0 Å². The van der Waals surface area contributed by atoms with E-state index in [1.807, 2.05) is 38.2 Å². The summed E-state index contributed by atoms with van der Waals surface area (Å²) in [4.78, 5) is 2.14. The lowest BCUT2D eigenvalue weighted by atomic mass is 10.1. The number of nitrogens with zero attached hydrogens (tertiary/aromatic N) is 2. The average Bonchev–Trinajstić information content (AvgIpc) is 2.31. The Bertz CT molecular complexity index is 378. The van der Waals surface area contributed by atoms with E-state index in [9.17, 15) is 0 Å². The Balaban J connectivity index is 2.53. The van der Waals surface area contributed by atoms with Crippen LogP contribution < -0.4 is 5.73 Å². The molecule has 0 spiro atoms. The Morgan fingerprint density at radius 2 is 2.06 bits per heavy atom. The molecule has 0 aliphatic carbocycles. The SMILES string of the molecule is CC(C/C(N)=N/O)N(C)Cc1ccc(Cl)cc1. The average molecular weight is 256 g/mol. The van der Waals surface area contributed by atoms with E-state index in [2.05, 4.69) is 10.1 Å². The first-order valence-corrected chi connectivity index (χ1v) is 5.81. The van der Waals surface area contributed by atoms with Gasteiger partial charge in [0.2, 0.25) is 0 Å². The van der Waals surface area contributed by atoms with Gasteiger partial charge in [-0.2, -0.15) is 0 Å². The number of rotatable bonds is 5. The largest absolute Gasteiger partial charge is 0.409 e. The molecule has 1 rings (SSSR count). The van der Waals surface area contributed by atoms with Crippen molar-refractivity contribution in [2.45, 2.75) is 25.9 Å². The van der Waals surface area contributed by atoms with Crippen LogP contribution >= 0.6 is 11.6 Å². The molecule has 0 heterocycles. The smallest absolute Gasteiger partial charge is 0.140 e. The van der Waals surface area contributed by atoms with E-state index in [1.165, 1.54) is 5.56 Å². The summed E-state index contributed by atoms with van der Waals surface area (Å²) in [6.07, 6.45) is 0.542. The first kappa shape index (κ1) is 13.8. The molecule has 0 saturated carbocycles. The van der Waals surface area contributed by atoms with Gasteiger partial charge in [-0.3, -0.25) is 4.90 Å². The maximum Gasteiger partial charge on any atom is 0.140 e. The zero-order valence-electron chi connectivity index (χ0n) is 10.1. The molecule has 0 bridgehead atoms. The number of oxime groups is 1. The number of hydrogen-bond acceptors (Lipinski definition) is 3. The molecule has 0 amide bonds. The minimum Gasteiger partial charge on any atom is -0.409 e. The summed E-state index contributed by atoms with van der Waals surface area (Å²) in [5, 5.41) is 12.2. The van der Waals surface area contributed by atoms with Crippen molar-refractivity contribution in [3.8, 4) is 0 Å². The first-order valence-electron chi connectivity index (χ1n) is 5.44. The Morgan fingerprint density at radius 1 is 1.47 bits per heavy atom. The van der Waals surface area contributed by atoms with Crippen molar-refractivity contribution in [1.82, 2.24) is 4.90 Å². The van der Waals surface area contributed by atoms with E-state index in [0.717, 1.165) is 11.6 Å². The van der Waals surface area contributed by atoms with Gasteiger partial charge in [-0.25, -0.2) is 0 Å². The fourth-order valence-electron chi connectivity index (χ4n) is 1.53. The molecule has 0 aliphatic heterocycles. The fraction of sp³-hybridized carbons (Fsp3) is 0.417. The number of nitrogens with two attached hydrogens (primary N) is 1. The van der Waals surface area contributed by atoms with Crippen molar-refractivity contribution in [3.63, 3.8) is 0 Å². The predicted octanol–water partition coefficient (Wildman–Crippen LogP) is 2.30. The van der Waals surface area contributed by atoms with E-state index in [4.69, 9.17) is 22.5 Å². The van der Waals surface area contributed by atoms with Crippen LogP contribution in [0.3, 0.4) is 0 Å². The van der Waals surface area contributed by atoms with Gasteiger partial charge in [-0.05, 0) is 31.7 Å². The normalized spacial score (nSPS) is 14.0. The van der Waals surface area contributed by atoms with Crippen LogP contribution in [-0.4, -0.2) is 29.0 Å². The van der Waals surface area contributed by atoms with Crippen molar-refractivity contribution in [1.29, 1.82) is 0 Å². The summed E-state index contributed by atoms with van der Waals surface area (Å²) in [6.45, 7) is 2.84. The van der Waals surface area contributed by atoms with Crippen molar-refractivity contribution in [3.05, 3.63) is 34.9 Å². The molecule has 1 atom stereocenters. The van der Waals surface area contributed by atoms with Gasteiger partial charge in [0.1, 0.15) is 5.84 Å². The summed E-state index contributed by atoms with van der Waals surface area (Å²) in [5.74, 6) is 0.250. The minimum atomic E-state index is 0.210. The highest BCUT2D eigenvalue weighted by Gasteiger charge is 2.11. The molecule has 5 heteroatoms. The van der Waals surface area contributed by atoms with Gasteiger partial charge in [-0.15, -0.1) is 0 Å². The Morgan fingerprint density at radius 3 is 2.59 bits per heavy atom. The van der Waals surface area contributed by atoms with Gasteiger partial charge < -0.3 is 10.9 Å². The van der Waals surface area contributed by atoms with E-state index in [0.29, 0.717) is 6.42 Å². The van der Waals surface area contributed by atoms with E-state index in [-0.39, 0.29) is 11.9 Å². The van der Waals surface area contributed by atoms with Gasteiger partial charge in [0.05, 0.1) is 0 Å². The zero-order chi connectivity index (χ0) is 12.8. The first-order chi connectivity index (χ1) is 8.02. The Kier molecular flexibility index (Phi) is 5.25. The zero-order valence-corrected chi connectivity index (χ0v) is 10.9. The van der Waals surface area contributed by atoms with Crippen molar-refractivity contribution >= 4 is 17.4 Å². The van der Waals surface area contributed by atoms with E-state index < -0.39 is 0 Å². The molecule has 3 N–H and O–H groups in total. The summed E-state index contributed by atoms with van der Waals surface area (Å²) >= 11 is 5.82. The highest BCUT2D eigenvalue weighted by Crippen LogP contribution is 2.12. The molecular formula is C12H18ClN3O. The van der Waals surface area contributed by atoms with Crippen molar-refractivity contribution < 1.29 is 5.21 Å². The highest BCUT2D eigenvalue weighted by atomic mass is 35.5. The second-order valence-electron chi connectivity index (χ2n) is 4.19. The van der Waals surface area contributed by atoms with Gasteiger partial charge in [0.25, 0.3) is 0 Å². The van der Waals surface area contributed by atoms with Crippen molar-refractivity contribution in [2.24, 2.45) is 10.9 Å². The summed E-state index contributed by atoms with van der Waals surface area (Å²) in [7, 11) is 2.00. The molecule has 4 nitrogen and oxygen atoms in total. The van der Waals surface area contributed by atoms with Gasteiger partial charge in [-0.1, -0.05) is 28.9 Å². The number of hydrogen-bond donors (Lipinski definition) is 2. The van der Waals surface area contributed by atoms with Crippen LogP contribution in [0.15, 0.2) is 29.4 Å². The Hall–Kier alpha value is -1.26. The third kappa shape index (κ3) is 4.63. The summed E-state index contributed by atoms with van der Waals surface area (Å²) < 4.78 is 0. The van der Waals surface area contributed by atoms with Gasteiger partial charge in [0, 0.05) is 24.0 Å². The van der Waals surface area contributed by atoms with Crippen LogP contribution in [0.5, 0.6) is 0 Å². The molecule has 0 aliphatic rings. The van der Waals surface area contributed by atoms with Crippen LogP contribution in [-0.2, 0) is 6.54 Å². The third-order valence-corrected chi connectivity index (χ3v) is 2.98. The van der Waals surface area contributed by atoms with E-state index in [1.54, 1.807) is 0 Å². The molecule has 1 unspecified atom stereocenters. The topological polar surface area (TPSA) is 61.9 Å². The lowest BCUT2D eigenvalue weighted by Crippen LogP contribution is -2.32. The summed E-state index contributed by atoms with van der Waals surface area (Å²) in [6, 6.07) is 7.95. The maximum atomic E-state index is 8.52. The molecule has 17 heavy (non-hydrogen) atoms. The molecule has 0 radical (unpaired) electrons. The molecule has 1 aromatic rings. The van der Waals surface area contributed by atoms with Crippen LogP contribution in [0, 0.1) is 0 Å². The van der Waals surface area contributed by atoms with Crippen LogP contribution in [0.2, 0.25) is 5.02 Å². The fourth-order valence-corrected chi connectivity index (χ4v) is 1.66. The molecule has 0 saturated heterocycles. The number of halogens is 1. The molecule has 0 fully saturated rings. The van der Waals surface area contributed by atoms with Crippen molar-refractivity contribution in [2.75, 3.05) is 7.05 Å². The lowest BCUT2D eigenvalue weighted by molar-refractivity contribution is 0.251. The van der Waals surface area contributed by atoms with Crippen LogP contribution in [0.1, 0.15) is 18.9 Å². The second-order valence-corrected chi connectivity index (χ2v) is 4.62. The Labute approximate surface area is 107 Å². The molecule has 94 valence electrons. The molecular weight excluding hydrogens is 238 g/mol. The van der Waals surface area contributed by atoms with Crippen LogP contribution in [0.4, 0.5) is 0 Å².